The van der Waals surface area contributed by atoms with Crippen molar-refractivity contribution in [1.29, 1.82) is 0 Å². The summed E-state index contributed by atoms with van der Waals surface area (Å²) >= 11 is 0. The Labute approximate surface area is 119 Å². The van der Waals surface area contributed by atoms with Gasteiger partial charge in [0.05, 0.1) is 23.5 Å². The fourth-order valence-electron chi connectivity index (χ4n) is 1.40. The van der Waals surface area contributed by atoms with Gasteiger partial charge in [-0.25, -0.2) is 8.42 Å². The number of carboxylic acid groups (broad SMARTS) is 1. The third-order valence-corrected chi connectivity index (χ3v) is 3.90. The normalized spacial score (nSPS) is 12.7. The molecule has 0 bridgehead atoms. The molecular formula is C10H12N2O8S. The molecule has 0 aromatic heterocycles. The van der Waals surface area contributed by atoms with E-state index in [0.29, 0.717) is 0 Å². The van der Waals surface area contributed by atoms with Crippen LogP contribution in [0.4, 0.5) is 5.69 Å². The third-order valence-electron chi connectivity index (χ3n) is 2.44. The highest BCUT2D eigenvalue weighted by molar-refractivity contribution is 7.89. The second kappa shape index (κ2) is 6.47. The molecule has 1 aromatic rings. The van der Waals surface area contributed by atoms with Crippen LogP contribution in [0.3, 0.4) is 0 Å². The smallest absolute Gasteiger partial charge is 0.324 e. The number of benzene rings is 1. The maximum Gasteiger partial charge on any atom is 0.324 e. The van der Waals surface area contributed by atoms with E-state index < -0.39 is 44.1 Å². The van der Waals surface area contributed by atoms with Gasteiger partial charge in [0.2, 0.25) is 10.0 Å². The van der Waals surface area contributed by atoms with Crippen molar-refractivity contribution >= 4 is 21.7 Å². The number of nitrogens with zero attached hydrogens (tertiary/aromatic N) is 1. The molecule has 116 valence electrons. The van der Waals surface area contributed by atoms with Crippen molar-refractivity contribution in [2.45, 2.75) is 10.9 Å². The molecule has 0 aliphatic rings. The number of hydrogen-bond donors (Lipinski definition) is 3. The Kier molecular flexibility index (Phi) is 5.18. The van der Waals surface area contributed by atoms with Gasteiger partial charge in [0.15, 0.2) is 5.75 Å². The summed E-state index contributed by atoms with van der Waals surface area (Å²) in [5, 5.41) is 28.3. The number of carbonyl (C=O) groups is 1. The van der Waals surface area contributed by atoms with Crippen molar-refractivity contribution in [3.05, 3.63) is 28.3 Å². The molecule has 3 N–H and O–H groups in total. The van der Waals surface area contributed by atoms with Gasteiger partial charge in [-0.15, -0.1) is 0 Å². The molecule has 1 aromatic carbocycles. The predicted octanol–water partition coefficient (Wildman–Crippen LogP) is -0.673. The molecule has 0 fully saturated rings. The van der Waals surface area contributed by atoms with Crippen LogP contribution in [0.1, 0.15) is 0 Å². The molecule has 0 aliphatic carbocycles. The summed E-state index contributed by atoms with van der Waals surface area (Å²) in [7, 11) is -3.17. The largest absolute Gasteiger partial charge is 0.490 e. The number of aliphatic hydroxyl groups is 1. The van der Waals surface area contributed by atoms with Crippen LogP contribution in [0, 0.1) is 10.1 Å². The van der Waals surface area contributed by atoms with Crippen LogP contribution in [0.15, 0.2) is 23.1 Å². The van der Waals surface area contributed by atoms with Gasteiger partial charge in [0.25, 0.3) is 0 Å². The zero-order chi connectivity index (χ0) is 16.2. The van der Waals surface area contributed by atoms with Crippen LogP contribution in [0.2, 0.25) is 0 Å². The van der Waals surface area contributed by atoms with Crippen molar-refractivity contribution in [1.82, 2.24) is 4.72 Å². The summed E-state index contributed by atoms with van der Waals surface area (Å²) in [6.07, 6.45) is 0. The number of ether oxygens (including phenoxy) is 1. The van der Waals surface area contributed by atoms with Crippen molar-refractivity contribution in [3.63, 3.8) is 0 Å². The highest BCUT2D eigenvalue weighted by Crippen LogP contribution is 2.29. The molecule has 0 aliphatic heterocycles. The second-order valence-electron chi connectivity index (χ2n) is 3.79. The van der Waals surface area contributed by atoms with Gasteiger partial charge in [-0.2, -0.15) is 4.72 Å². The number of hydrogen-bond acceptors (Lipinski definition) is 7. The molecule has 11 heteroatoms. The van der Waals surface area contributed by atoms with Crippen molar-refractivity contribution in [2.75, 3.05) is 13.7 Å². The van der Waals surface area contributed by atoms with Crippen LogP contribution in [-0.2, 0) is 14.8 Å². The molecule has 1 atom stereocenters. The molecule has 0 saturated heterocycles. The van der Waals surface area contributed by atoms with E-state index in [9.17, 15) is 23.3 Å². The number of sulfonamides is 1. The summed E-state index contributed by atoms with van der Waals surface area (Å²) in [4.78, 5) is 20.2. The first-order valence-electron chi connectivity index (χ1n) is 5.41. The lowest BCUT2D eigenvalue weighted by atomic mass is 10.3. The lowest BCUT2D eigenvalue weighted by Crippen LogP contribution is -2.43. The first-order chi connectivity index (χ1) is 9.72. The zero-order valence-electron chi connectivity index (χ0n) is 10.7. The van der Waals surface area contributed by atoms with Gasteiger partial charge < -0.3 is 14.9 Å². The molecule has 10 nitrogen and oxygen atoms in total. The molecule has 0 radical (unpaired) electrons. The molecule has 0 spiro atoms. The third kappa shape index (κ3) is 3.87. The van der Waals surface area contributed by atoms with Gasteiger partial charge >= 0.3 is 11.7 Å². The van der Waals surface area contributed by atoms with E-state index in [1.807, 2.05) is 0 Å². The van der Waals surface area contributed by atoms with Gasteiger partial charge in [0.1, 0.15) is 6.04 Å². The number of aliphatic carboxylic acids is 1. The van der Waals surface area contributed by atoms with Gasteiger partial charge in [-0.3, -0.25) is 14.9 Å². The Morgan fingerprint density at radius 2 is 2.14 bits per heavy atom. The molecule has 0 saturated carbocycles. The highest BCUT2D eigenvalue weighted by Gasteiger charge is 2.27. The van der Waals surface area contributed by atoms with Crippen LogP contribution < -0.4 is 9.46 Å². The quantitative estimate of drug-likeness (QED) is 0.441. The number of rotatable bonds is 7. The number of methoxy groups -OCH3 is 1. The summed E-state index contributed by atoms with van der Waals surface area (Å²) < 4.78 is 30.3. The Balaban J connectivity index is 3.23. The van der Waals surface area contributed by atoms with Gasteiger partial charge in [-0.05, 0) is 12.1 Å². The molecule has 0 amide bonds. The Hall–Kier alpha value is -2.24. The first-order valence-corrected chi connectivity index (χ1v) is 6.89. The lowest BCUT2D eigenvalue weighted by molar-refractivity contribution is -0.386. The Bertz CT molecular complexity index is 657. The van der Waals surface area contributed by atoms with E-state index in [4.69, 9.17) is 14.9 Å². The minimum Gasteiger partial charge on any atom is -0.490 e. The van der Waals surface area contributed by atoms with Crippen LogP contribution in [-0.4, -0.2) is 49.3 Å². The fraction of sp³-hybridized carbons (Fsp3) is 0.300. The van der Waals surface area contributed by atoms with E-state index in [2.05, 4.69) is 0 Å². The number of nitro groups is 1. The summed E-state index contributed by atoms with van der Waals surface area (Å²) in [6, 6.07) is 1.07. The number of nitro benzene ring substituents is 1. The minimum absolute atomic E-state index is 0.143. The Morgan fingerprint density at radius 3 is 2.57 bits per heavy atom. The van der Waals surface area contributed by atoms with Crippen molar-refractivity contribution < 1.29 is 33.1 Å². The average molecular weight is 320 g/mol. The van der Waals surface area contributed by atoms with Crippen LogP contribution >= 0.6 is 0 Å². The molecule has 21 heavy (non-hydrogen) atoms. The standard InChI is InChI=1S/C10H12N2O8S/c1-20-9-3-2-6(4-8(9)12(16)17)21(18,19)11-7(5-13)10(14)15/h2-4,7,11,13H,5H2,1H3,(H,14,15)/t7-/m1/s1. The van der Waals surface area contributed by atoms with Crippen LogP contribution in [0.25, 0.3) is 0 Å². The summed E-state index contributed by atoms with van der Waals surface area (Å²) in [5.74, 6) is -1.72. The maximum atomic E-state index is 11.9. The van der Waals surface area contributed by atoms with E-state index in [0.717, 1.165) is 18.2 Å². The lowest BCUT2D eigenvalue weighted by Gasteiger charge is -2.12. The van der Waals surface area contributed by atoms with Crippen LogP contribution in [0.5, 0.6) is 5.75 Å². The predicted molar refractivity (Wildman–Crippen MR) is 68.5 cm³/mol. The number of carboxylic acids is 1. The highest BCUT2D eigenvalue weighted by atomic mass is 32.2. The van der Waals surface area contributed by atoms with Crippen molar-refractivity contribution in [2.24, 2.45) is 0 Å². The zero-order valence-corrected chi connectivity index (χ0v) is 11.5. The summed E-state index contributed by atoms with van der Waals surface area (Å²) in [6.45, 7) is -0.965. The van der Waals surface area contributed by atoms with E-state index in [1.54, 1.807) is 4.72 Å². The van der Waals surface area contributed by atoms with E-state index >= 15 is 0 Å². The first kappa shape index (κ1) is 16.8. The average Bonchev–Trinajstić information content (AvgIpc) is 2.43. The van der Waals surface area contributed by atoms with Gasteiger partial charge in [0, 0.05) is 6.07 Å². The van der Waals surface area contributed by atoms with E-state index in [1.165, 1.54) is 7.11 Å². The Morgan fingerprint density at radius 1 is 1.52 bits per heavy atom. The number of nitrogens with one attached hydrogen (secondary N) is 1. The number of aliphatic hydroxyl groups excluding tert-OH is 1. The molecule has 1 rings (SSSR count). The van der Waals surface area contributed by atoms with Crippen molar-refractivity contribution in [3.8, 4) is 5.75 Å². The second-order valence-corrected chi connectivity index (χ2v) is 5.50. The topological polar surface area (TPSA) is 156 Å². The fourth-order valence-corrected chi connectivity index (χ4v) is 2.60. The minimum atomic E-state index is -4.35. The molecule has 0 heterocycles. The van der Waals surface area contributed by atoms with Gasteiger partial charge in [-0.1, -0.05) is 0 Å². The molecular weight excluding hydrogens is 308 g/mol. The SMILES string of the molecule is COc1ccc(S(=O)(=O)N[C@H](CO)C(=O)O)cc1[N+](=O)[O-]. The maximum absolute atomic E-state index is 11.9. The van der Waals surface area contributed by atoms with E-state index in [-0.39, 0.29) is 5.75 Å². The molecule has 0 unspecified atom stereocenters. The summed E-state index contributed by atoms with van der Waals surface area (Å²) in [5.41, 5.74) is -0.587. The monoisotopic (exact) mass is 320 g/mol.